The molecule has 0 spiro atoms. The lowest BCUT2D eigenvalue weighted by Gasteiger charge is -2.11. The lowest BCUT2D eigenvalue weighted by Crippen LogP contribution is -2.36. The quantitative estimate of drug-likeness (QED) is 0.635. The molecule has 1 rings (SSSR count). The first-order valence-electron chi connectivity index (χ1n) is 5.54. The molecular formula is C11H13BrFN3O3. The summed E-state index contributed by atoms with van der Waals surface area (Å²) in [5, 5.41) is 13.2. The van der Waals surface area contributed by atoms with Crippen LogP contribution in [-0.4, -0.2) is 23.4 Å². The molecule has 0 aliphatic carbocycles. The lowest BCUT2D eigenvalue weighted by molar-refractivity contribution is -0.385. The molecule has 0 aliphatic heterocycles. The third-order valence-electron chi connectivity index (χ3n) is 2.51. The largest absolute Gasteiger partial charge is 0.350 e. The van der Waals surface area contributed by atoms with Crippen LogP contribution < -0.4 is 11.1 Å². The van der Waals surface area contributed by atoms with Crippen LogP contribution in [-0.2, 0) is 0 Å². The first kappa shape index (κ1) is 15.5. The summed E-state index contributed by atoms with van der Waals surface area (Å²) >= 11 is 2.94. The van der Waals surface area contributed by atoms with Crippen molar-refractivity contribution in [2.24, 2.45) is 5.73 Å². The number of nitro benzene ring substituents is 1. The van der Waals surface area contributed by atoms with E-state index in [0.29, 0.717) is 6.42 Å². The van der Waals surface area contributed by atoms with Gasteiger partial charge < -0.3 is 11.1 Å². The molecular weight excluding hydrogens is 321 g/mol. The number of hydrogen-bond donors (Lipinski definition) is 2. The minimum atomic E-state index is -0.847. The summed E-state index contributed by atoms with van der Waals surface area (Å²) < 4.78 is 13.2. The highest BCUT2D eigenvalue weighted by atomic mass is 79.9. The van der Waals surface area contributed by atoms with Crippen LogP contribution in [0.5, 0.6) is 0 Å². The molecule has 104 valence electrons. The topological polar surface area (TPSA) is 98.3 Å². The molecule has 1 aromatic carbocycles. The number of amides is 1. The average Bonchev–Trinajstić information content (AvgIpc) is 2.37. The van der Waals surface area contributed by atoms with Gasteiger partial charge in [0.15, 0.2) is 0 Å². The van der Waals surface area contributed by atoms with E-state index in [0.717, 1.165) is 12.1 Å². The van der Waals surface area contributed by atoms with Crippen LogP contribution in [0.4, 0.5) is 10.1 Å². The minimum Gasteiger partial charge on any atom is -0.350 e. The summed E-state index contributed by atoms with van der Waals surface area (Å²) in [6.07, 6.45) is 0.671. The van der Waals surface area contributed by atoms with Crippen LogP contribution >= 0.6 is 15.9 Å². The zero-order valence-electron chi connectivity index (χ0n) is 10.2. The fraction of sp³-hybridized carbons (Fsp3) is 0.364. The Labute approximate surface area is 117 Å². The molecule has 0 saturated heterocycles. The van der Waals surface area contributed by atoms with Gasteiger partial charge in [-0.3, -0.25) is 14.9 Å². The van der Waals surface area contributed by atoms with Gasteiger partial charge in [0.05, 0.1) is 16.6 Å². The number of carbonyl (C=O) groups is 1. The molecule has 0 aliphatic rings. The summed E-state index contributed by atoms with van der Waals surface area (Å²) in [6, 6.07) is 1.47. The Balaban J connectivity index is 3.00. The molecule has 0 radical (unpaired) electrons. The Hall–Kier alpha value is -1.54. The highest BCUT2D eigenvalue weighted by molar-refractivity contribution is 9.10. The summed E-state index contributed by atoms with van der Waals surface area (Å²) in [5.74, 6) is -1.46. The van der Waals surface area contributed by atoms with Gasteiger partial charge in [-0.2, -0.15) is 0 Å². The fourth-order valence-corrected chi connectivity index (χ4v) is 1.89. The third-order valence-corrected chi connectivity index (χ3v) is 3.34. The van der Waals surface area contributed by atoms with E-state index in [2.05, 4.69) is 21.2 Å². The van der Waals surface area contributed by atoms with Crippen molar-refractivity contribution < 1.29 is 14.1 Å². The van der Waals surface area contributed by atoms with E-state index in [-0.39, 0.29) is 22.6 Å². The number of nitrogens with zero attached hydrogens (tertiary/aromatic N) is 1. The van der Waals surface area contributed by atoms with Gasteiger partial charge in [-0.15, -0.1) is 0 Å². The molecule has 1 atom stereocenters. The van der Waals surface area contributed by atoms with Crippen molar-refractivity contribution in [2.75, 3.05) is 6.54 Å². The first-order valence-corrected chi connectivity index (χ1v) is 6.33. The summed E-state index contributed by atoms with van der Waals surface area (Å²) in [7, 11) is 0. The van der Waals surface area contributed by atoms with Crippen molar-refractivity contribution >= 4 is 27.5 Å². The molecule has 0 fully saturated rings. The maximum absolute atomic E-state index is 13.3. The molecule has 0 aromatic heterocycles. The van der Waals surface area contributed by atoms with Gasteiger partial charge in [0.1, 0.15) is 10.3 Å². The van der Waals surface area contributed by atoms with Crippen LogP contribution in [0.25, 0.3) is 0 Å². The second-order valence-corrected chi connectivity index (χ2v) is 4.71. The first-order chi connectivity index (χ1) is 8.86. The number of nitro groups is 1. The standard InChI is InChI=1S/C11H13BrFN3O3/c1-2-7(14)5-15-11(17)8-3-6(13)4-9(10(8)12)16(18)19/h3-4,7H,2,5,14H2,1H3,(H,15,17). The number of halogens is 2. The zero-order valence-corrected chi connectivity index (χ0v) is 11.7. The predicted molar refractivity (Wildman–Crippen MR) is 71.4 cm³/mol. The van der Waals surface area contributed by atoms with E-state index in [1.165, 1.54) is 0 Å². The van der Waals surface area contributed by atoms with Crippen LogP contribution in [0.2, 0.25) is 0 Å². The predicted octanol–water partition coefficient (Wildman–Crippen LogP) is 1.96. The number of nitrogens with one attached hydrogen (secondary N) is 1. The smallest absolute Gasteiger partial charge is 0.287 e. The minimum absolute atomic E-state index is 0.0542. The Morgan fingerprint density at radius 1 is 1.63 bits per heavy atom. The monoisotopic (exact) mass is 333 g/mol. The fourth-order valence-electron chi connectivity index (χ4n) is 1.34. The van der Waals surface area contributed by atoms with Gasteiger partial charge in [-0.25, -0.2) is 4.39 Å². The Morgan fingerprint density at radius 2 is 2.26 bits per heavy atom. The van der Waals surface area contributed by atoms with E-state index >= 15 is 0 Å². The summed E-state index contributed by atoms with van der Waals surface area (Å²) in [5.41, 5.74) is 5.01. The van der Waals surface area contributed by atoms with Crippen LogP contribution in [0.3, 0.4) is 0 Å². The number of nitrogens with two attached hydrogens (primary N) is 1. The van der Waals surface area contributed by atoms with E-state index in [1.54, 1.807) is 0 Å². The number of rotatable bonds is 5. The van der Waals surface area contributed by atoms with Crippen LogP contribution in [0, 0.1) is 15.9 Å². The second kappa shape index (κ2) is 6.58. The maximum Gasteiger partial charge on any atom is 0.287 e. The lowest BCUT2D eigenvalue weighted by atomic mass is 10.1. The van der Waals surface area contributed by atoms with Gasteiger partial charge >= 0.3 is 0 Å². The van der Waals surface area contributed by atoms with Gasteiger partial charge in [0, 0.05) is 12.6 Å². The molecule has 0 heterocycles. The van der Waals surface area contributed by atoms with Crippen molar-refractivity contribution in [1.29, 1.82) is 0 Å². The molecule has 8 heteroatoms. The van der Waals surface area contributed by atoms with Crippen LogP contribution in [0.15, 0.2) is 16.6 Å². The van der Waals surface area contributed by atoms with Crippen LogP contribution in [0.1, 0.15) is 23.7 Å². The third kappa shape index (κ3) is 3.97. The van der Waals surface area contributed by atoms with Gasteiger partial charge in [0.2, 0.25) is 0 Å². The number of hydrogen-bond acceptors (Lipinski definition) is 4. The van der Waals surface area contributed by atoms with Gasteiger partial charge in [-0.05, 0) is 28.4 Å². The van der Waals surface area contributed by atoms with E-state index in [4.69, 9.17) is 5.73 Å². The van der Waals surface area contributed by atoms with Gasteiger partial charge in [-0.1, -0.05) is 6.92 Å². The molecule has 1 aromatic rings. The van der Waals surface area contributed by atoms with Crippen molar-refractivity contribution in [3.05, 3.63) is 38.1 Å². The summed E-state index contributed by atoms with van der Waals surface area (Å²) in [6.45, 7) is 2.08. The highest BCUT2D eigenvalue weighted by Crippen LogP contribution is 2.29. The molecule has 0 bridgehead atoms. The average molecular weight is 334 g/mol. The van der Waals surface area contributed by atoms with Crippen molar-refractivity contribution in [3.8, 4) is 0 Å². The van der Waals surface area contributed by atoms with E-state index in [9.17, 15) is 19.3 Å². The zero-order chi connectivity index (χ0) is 14.6. The summed E-state index contributed by atoms with van der Waals surface area (Å²) in [4.78, 5) is 21.8. The highest BCUT2D eigenvalue weighted by Gasteiger charge is 2.22. The van der Waals surface area contributed by atoms with E-state index in [1.807, 2.05) is 6.92 Å². The molecule has 19 heavy (non-hydrogen) atoms. The molecule has 1 unspecified atom stereocenters. The molecule has 1 amide bonds. The van der Waals surface area contributed by atoms with E-state index < -0.39 is 22.3 Å². The molecule has 6 nitrogen and oxygen atoms in total. The Kier molecular flexibility index (Phi) is 5.37. The van der Waals surface area contributed by atoms with Gasteiger partial charge in [0.25, 0.3) is 11.6 Å². The Morgan fingerprint density at radius 3 is 2.79 bits per heavy atom. The number of carbonyl (C=O) groups excluding carboxylic acids is 1. The van der Waals surface area contributed by atoms with Crippen molar-refractivity contribution in [1.82, 2.24) is 5.32 Å². The Bertz CT molecular complexity index is 510. The SMILES string of the molecule is CCC(N)CNC(=O)c1cc(F)cc([N+](=O)[O-])c1Br. The maximum atomic E-state index is 13.3. The molecule has 0 saturated carbocycles. The molecule has 3 N–H and O–H groups in total. The van der Waals surface area contributed by atoms with Crippen molar-refractivity contribution in [2.45, 2.75) is 19.4 Å². The second-order valence-electron chi connectivity index (χ2n) is 3.92. The normalized spacial score (nSPS) is 12.0. The van der Waals surface area contributed by atoms with Crippen molar-refractivity contribution in [3.63, 3.8) is 0 Å². The number of benzene rings is 1.